The second kappa shape index (κ2) is 6.23. The Hall–Kier alpha value is -0.780. The molecule has 0 heterocycles. The maximum atomic E-state index is 5.84. The van der Waals surface area contributed by atoms with Gasteiger partial charge in [0.05, 0.1) is 6.04 Å². The van der Waals surface area contributed by atoms with Crippen LogP contribution < -0.4 is 11.1 Å². The van der Waals surface area contributed by atoms with E-state index in [-0.39, 0.29) is 24.0 Å². The van der Waals surface area contributed by atoms with Crippen molar-refractivity contribution in [2.24, 2.45) is 10.7 Å². The number of hydrogen-bond acceptors (Lipinski definition) is 1. The van der Waals surface area contributed by atoms with Crippen LogP contribution in [-0.2, 0) is 0 Å². The lowest BCUT2D eigenvalue weighted by Crippen LogP contribution is -2.27. The summed E-state index contributed by atoms with van der Waals surface area (Å²) in [7, 11) is 0. The average Bonchev–Trinajstić information content (AvgIpc) is 2.18. The number of anilines is 1. The number of nitrogens with zero attached hydrogens (tertiary/aromatic N) is 1. The summed E-state index contributed by atoms with van der Waals surface area (Å²) in [6, 6.07) is 6.66. The Labute approximate surface area is 120 Å². The predicted molar refractivity (Wildman–Crippen MR) is 84.2 cm³/mol. The Kier molecular flexibility index (Phi) is 5.24. The van der Waals surface area contributed by atoms with Crippen molar-refractivity contribution in [2.45, 2.75) is 39.2 Å². The SMILES string of the molecule is Cc1ccc(NC(N)=NC2CCC2)cc1C.I. The van der Waals surface area contributed by atoms with Crippen LogP contribution in [0.25, 0.3) is 0 Å². The number of guanidine groups is 1. The van der Waals surface area contributed by atoms with Gasteiger partial charge in [0.1, 0.15) is 0 Å². The van der Waals surface area contributed by atoms with E-state index < -0.39 is 0 Å². The molecule has 1 saturated carbocycles. The standard InChI is InChI=1S/C13H19N3.HI/c1-9-6-7-12(8-10(9)2)16-13(14)15-11-4-3-5-11;/h6-8,11H,3-5H2,1-2H3,(H3,14,15,16);1H. The van der Waals surface area contributed by atoms with E-state index >= 15 is 0 Å². The largest absolute Gasteiger partial charge is 0.370 e. The maximum absolute atomic E-state index is 5.84. The first-order valence-corrected chi connectivity index (χ1v) is 5.83. The van der Waals surface area contributed by atoms with Gasteiger partial charge in [0.15, 0.2) is 5.96 Å². The molecule has 0 saturated heterocycles. The van der Waals surface area contributed by atoms with E-state index in [9.17, 15) is 0 Å². The lowest BCUT2D eigenvalue weighted by molar-refractivity contribution is 0.420. The van der Waals surface area contributed by atoms with E-state index in [1.54, 1.807) is 0 Å². The zero-order chi connectivity index (χ0) is 11.5. The predicted octanol–water partition coefficient (Wildman–Crippen LogP) is 3.20. The Morgan fingerprint density at radius 3 is 2.53 bits per heavy atom. The highest BCUT2D eigenvalue weighted by molar-refractivity contribution is 14.0. The van der Waals surface area contributed by atoms with Crippen LogP contribution in [0.5, 0.6) is 0 Å². The average molecular weight is 345 g/mol. The summed E-state index contributed by atoms with van der Waals surface area (Å²) in [6.45, 7) is 4.20. The summed E-state index contributed by atoms with van der Waals surface area (Å²) in [4.78, 5) is 4.41. The molecule has 1 aromatic rings. The quantitative estimate of drug-likeness (QED) is 0.491. The highest BCUT2D eigenvalue weighted by Gasteiger charge is 2.16. The van der Waals surface area contributed by atoms with Crippen LogP contribution in [0, 0.1) is 13.8 Å². The van der Waals surface area contributed by atoms with Crippen molar-refractivity contribution in [3.05, 3.63) is 29.3 Å². The number of halogens is 1. The molecular weight excluding hydrogens is 325 g/mol. The van der Waals surface area contributed by atoms with Crippen LogP contribution in [-0.4, -0.2) is 12.0 Å². The molecule has 0 amide bonds. The molecule has 94 valence electrons. The summed E-state index contributed by atoms with van der Waals surface area (Å²) < 4.78 is 0. The molecule has 0 radical (unpaired) electrons. The smallest absolute Gasteiger partial charge is 0.193 e. The number of aliphatic imine (C=N–C) groups is 1. The number of benzene rings is 1. The number of nitrogens with one attached hydrogen (secondary N) is 1. The first kappa shape index (κ1) is 14.3. The van der Waals surface area contributed by atoms with E-state index in [1.807, 2.05) is 6.07 Å². The second-order valence-electron chi connectivity index (χ2n) is 4.52. The van der Waals surface area contributed by atoms with Gasteiger partial charge in [0, 0.05) is 5.69 Å². The molecule has 1 aliphatic rings. The molecule has 0 bridgehead atoms. The van der Waals surface area contributed by atoms with Crippen molar-refractivity contribution < 1.29 is 0 Å². The van der Waals surface area contributed by atoms with E-state index in [4.69, 9.17) is 5.73 Å². The van der Waals surface area contributed by atoms with E-state index in [2.05, 4.69) is 36.3 Å². The molecule has 1 aromatic carbocycles. The van der Waals surface area contributed by atoms with Crippen molar-refractivity contribution in [1.29, 1.82) is 0 Å². The fraction of sp³-hybridized carbons (Fsp3) is 0.462. The summed E-state index contributed by atoms with van der Waals surface area (Å²) in [6.07, 6.45) is 3.63. The van der Waals surface area contributed by atoms with Gasteiger partial charge in [-0.3, -0.25) is 0 Å². The summed E-state index contributed by atoms with van der Waals surface area (Å²) in [5.41, 5.74) is 9.42. The van der Waals surface area contributed by atoms with Crippen LogP contribution in [0.2, 0.25) is 0 Å². The number of nitrogens with two attached hydrogens (primary N) is 1. The zero-order valence-corrected chi connectivity index (χ0v) is 12.7. The van der Waals surface area contributed by atoms with Crippen LogP contribution in [0.3, 0.4) is 0 Å². The van der Waals surface area contributed by atoms with Gasteiger partial charge >= 0.3 is 0 Å². The molecule has 4 heteroatoms. The Bertz CT molecular complexity index is 411. The highest BCUT2D eigenvalue weighted by Crippen LogP contribution is 2.22. The molecule has 0 atom stereocenters. The van der Waals surface area contributed by atoms with Crippen LogP contribution >= 0.6 is 24.0 Å². The topological polar surface area (TPSA) is 50.4 Å². The first-order valence-electron chi connectivity index (χ1n) is 5.83. The third-order valence-electron chi connectivity index (χ3n) is 3.18. The Balaban J connectivity index is 0.00000144. The molecule has 0 unspecified atom stereocenters. The van der Waals surface area contributed by atoms with Crippen molar-refractivity contribution in [2.75, 3.05) is 5.32 Å². The molecule has 2 rings (SSSR count). The van der Waals surface area contributed by atoms with Crippen LogP contribution in [0.4, 0.5) is 5.69 Å². The van der Waals surface area contributed by atoms with Gasteiger partial charge in [0.25, 0.3) is 0 Å². The Morgan fingerprint density at radius 1 is 1.29 bits per heavy atom. The minimum Gasteiger partial charge on any atom is -0.370 e. The minimum atomic E-state index is 0. The lowest BCUT2D eigenvalue weighted by Gasteiger charge is -2.21. The van der Waals surface area contributed by atoms with Crippen molar-refractivity contribution in [1.82, 2.24) is 0 Å². The van der Waals surface area contributed by atoms with Gasteiger partial charge in [0.2, 0.25) is 0 Å². The molecule has 1 fully saturated rings. The van der Waals surface area contributed by atoms with Crippen molar-refractivity contribution in [3.8, 4) is 0 Å². The molecule has 1 aliphatic carbocycles. The number of hydrogen-bond donors (Lipinski definition) is 2. The number of rotatable bonds is 2. The lowest BCUT2D eigenvalue weighted by atomic mass is 9.94. The monoisotopic (exact) mass is 345 g/mol. The fourth-order valence-electron chi connectivity index (χ4n) is 1.71. The summed E-state index contributed by atoms with van der Waals surface area (Å²) in [5.74, 6) is 0.535. The van der Waals surface area contributed by atoms with Gasteiger partial charge in [-0.2, -0.15) is 0 Å². The molecule has 0 aliphatic heterocycles. The minimum absolute atomic E-state index is 0. The van der Waals surface area contributed by atoms with Gasteiger partial charge in [-0.05, 0) is 56.4 Å². The van der Waals surface area contributed by atoms with Crippen LogP contribution in [0.1, 0.15) is 30.4 Å². The number of aryl methyl sites for hydroxylation is 2. The molecule has 0 aromatic heterocycles. The second-order valence-corrected chi connectivity index (χ2v) is 4.52. The molecule has 3 nitrogen and oxygen atoms in total. The van der Waals surface area contributed by atoms with Gasteiger partial charge < -0.3 is 11.1 Å². The molecular formula is C13H20IN3. The third kappa shape index (κ3) is 3.87. The summed E-state index contributed by atoms with van der Waals surface area (Å²) >= 11 is 0. The fourth-order valence-corrected chi connectivity index (χ4v) is 1.71. The highest BCUT2D eigenvalue weighted by atomic mass is 127. The van der Waals surface area contributed by atoms with Crippen LogP contribution in [0.15, 0.2) is 23.2 Å². The van der Waals surface area contributed by atoms with Gasteiger partial charge in [-0.25, -0.2) is 4.99 Å². The molecule has 3 N–H and O–H groups in total. The van der Waals surface area contributed by atoms with Gasteiger partial charge in [-0.15, -0.1) is 24.0 Å². The molecule has 17 heavy (non-hydrogen) atoms. The van der Waals surface area contributed by atoms with Gasteiger partial charge in [-0.1, -0.05) is 6.07 Å². The third-order valence-corrected chi connectivity index (χ3v) is 3.18. The van der Waals surface area contributed by atoms with Crippen molar-refractivity contribution in [3.63, 3.8) is 0 Å². The van der Waals surface area contributed by atoms with E-state index in [0.717, 1.165) is 5.69 Å². The molecule has 0 spiro atoms. The Morgan fingerprint density at radius 2 is 2.00 bits per heavy atom. The zero-order valence-electron chi connectivity index (χ0n) is 10.4. The van der Waals surface area contributed by atoms with E-state index in [0.29, 0.717) is 12.0 Å². The maximum Gasteiger partial charge on any atom is 0.193 e. The van der Waals surface area contributed by atoms with E-state index in [1.165, 1.54) is 30.4 Å². The van der Waals surface area contributed by atoms with Crippen molar-refractivity contribution >= 4 is 35.6 Å². The normalized spacial score (nSPS) is 16.0. The first-order chi connectivity index (χ1) is 7.65. The summed E-state index contributed by atoms with van der Waals surface area (Å²) in [5, 5.41) is 3.14.